The molecular weight excluding hydrogens is 386 g/mol. The molecule has 2 aromatic carbocycles. The maximum Gasteiger partial charge on any atom is 0.258 e. The van der Waals surface area contributed by atoms with E-state index in [2.05, 4.69) is 18.0 Å². The number of fused-ring (bicyclic) bond motifs is 1. The summed E-state index contributed by atoms with van der Waals surface area (Å²) in [5.41, 5.74) is 5.63. The highest BCUT2D eigenvalue weighted by Crippen LogP contribution is 2.29. The SMILES string of the molecule is CCn1c(=O)cc(C2=CCN(C)CC2)c2cc(C(=O)N(C)c3ccc(C)cc3)ccc21. The molecule has 0 radical (unpaired) electrons. The van der Waals surface area contributed by atoms with Gasteiger partial charge in [-0.15, -0.1) is 0 Å². The van der Waals surface area contributed by atoms with E-state index in [9.17, 15) is 9.59 Å². The molecule has 0 saturated heterocycles. The summed E-state index contributed by atoms with van der Waals surface area (Å²) in [6, 6.07) is 15.3. The average molecular weight is 416 g/mol. The highest BCUT2D eigenvalue weighted by Gasteiger charge is 2.19. The number of rotatable bonds is 4. The van der Waals surface area contributed by atoms with Gasteiger partial charge in [0.1, 0.15) is 0 Å². The fraction of sp³-hybridized carbons (Fsp3) is 0.308. The summed E-state index contributed by atoms with van der Waals surface area (Å²) in [4.78, 5) is 30.0. The van der Waals surface area contributed by atoms with Crippen molar-refractivity contribution in [2.24, 2.45) is 0 Å². The highest BCUT2D eigenvalue weighted by atomic mass is 16.2. The van der Waals surface area contributed by atoms with Crippen LogP contribution in [-0.2, 0) is 6.54 Å². The lowest BCUT2D eigenvalue weighted by Crippen LogP contribution is -2.27. The smallest absolute Gasteiger partial charge is 0.258 e. The van der Waals surface area contributed by atoms with E-state index in [-0.39, 0.29) is 11.5 Å². The van der Waals surface area contributed by atoms with Crippen LogP contribution in [0.2, 0.25) is 0 Å². The summed E-state index contributed by atoms with van der Waals surface area (Å²) in [6.07, 6.45) is 3.09. The lowest BCUT2D eigenvalue weighted by molar-refractivity contribution is 0.0993. The van der Waals surface area contributed by atoms with Crippen molar-refractivity contribution in [1.29, 1.82) is 0 Å². The zero-order chi connectivity index (χ0) is 22.1. The third kappa shape index (κ3) is 4.06. The van der Waals surface area contributed by atoms with Gasteiger partial charge in [-0.05, 0) is 68.8 Å². The van der Waals surface area contributed by atoms with Crippen molar-refractivity contribution < 1.29 is 4.79 Å². The molecule has 0 atom stereocenters. The molecule has 0 bridgehead atoms. The summed E-state index contributed by atoms with van der Waals surface area (Å²) in [5, 5.41) is 0.959. The number of carbonyl (C=O) groups is 1. The van der Waals surface area contributed by atoms with Gasteiger partial charge in [-0.3, -0.25) is 9.59 Å². The Balaban J connectivity index is 1.82. The number of carbonyl (C=O) groups excluding carboxylic acids is 1. The molecule has 0 spiro atoms. The van der Waals surface area contributed by atoms with Crippen molar-refractivity contribution in [2.75, 3.05) is 32.1 Å². The second-order valence-corrected chi connectivity index (χ2v) is 8.31. The number of aryl methyl sites for hydroxylation is 2. The van der Waals surface area contributed by atoms with Gasteiger partial charge >= 0.3 is 0 Å². The van der Waals surface area contributed by atoms with Gasteiger partial charge in [0.05, 0.1) is 5.52 Å². The zero-order valence-corrected chi connectivity index (χ0v) is 18.7. The monoisotopic (exact) mass is 415 g/mol. The Morgan fingerprint density at radius 3 is 2.48 bits per heavy atom. The predicted octanol–water partition coefficient (Wildman–Crippen LogP) is 4.33. The van der Waals surface area contributed by atoms with Gasteiger partial charge in [-0.1, -0.05) is 23.8 Å². The molecule has 160 valence electrons. The molecule has 1 aliphatic rings. The topological polar surface area (TPSA) is 45.6 Å². The summed E-state index contributed by atoms with van der Waals surface area (Å²) in [7, 11) is 3.89. The largest absolute Gasteiger partial charge is 0.311 e. The highest BCUT2D eigenvalue weighted by molar-refractivity contribution is 6.08. The van der Waals surface area contributed by atoms with Crippen molar-refractivity contribution >= 4 is 28.1 Å². The molecule has 4 rings (SSSR count). The zero-order valence-electron chi connectivity index (χ0n) is 18.7. The first-order valence-electron chi connectivity index (χ1n) is 10.8. The molecule has 0 aliphatic carbocycles. The molecule has 5 nitrogen and oxygen atoms in total. The van der Waals surface area contributed by atoms with Crippen LogP contribution in [0.3, 0.4) is 0 Å². The van der Waals surface area contributed by atoms with E-state index in [1.54, 1.807) is 22.6 Å². The van der Waals surface area contributed by atoms with Gasteiger partial charge < -0.3 is 14.4 Å². The number of pyridine rings is 1. The quantitative estimate of drug-likeness (QED) is 0.637. The van der Waals surface area contributed by atoms with Crippen molar-refractivity contribution in [1.82, 2.24) is 9.47 Å². The Labute approximate surface area is 183 Å². The van der Waals surface area contributed by atoms with E-state index < -0.39 is 0 Å². The Hall–Kier alpha value is -3.18. The van der Waals surface area contributed by atoms with E-state index in [0.717, 1.165) is 47.2 Å². The first-order valence-corrected chi connectivity index (χ1v) is 10.8. The number of hydrogen-bond donors (Lipinski definition) is 0. The van der Waals surface area contributed by atoms with E-state index >= 15 is 0 Å². The van der Waals surface area contributed by atoms with E-state index in [4.69, 9.17) is 0 Å². The minimum Gasteiger partial charge on any atom is -0.311 e. The molecule has 31 heavy (non-hydrogen) atoms. The van der Waals surface area contributed by atoms with E-state index in [1.807, 2.05) is 56.3 Å². The van der Waals surface area contributed by atoms with Crippen LogP contribution in [0.4, 0.5) is 5.69 Å². The molecule has 3 aromatic rings. The average Bonchev–Trinajstić information content (AvgIpc) is 2.78. The summed E-state index contributed by atoms with van der Waals surface area (Å²) in [6.45, 7) is 6.41. The molecule has 0 fully saturated rings. The van der Waals surface area contributed by atoms with Crippen LogP contribution in [0, 0.1) is 6.92 Å². The second kappa shape index (κ2) is 8.52. The van der Waals surface area contributed by atoms with Crippen LogP contribution < -0.4 is 10.5 Å². The van der Waals surface area contributed by atoms with Gasteiger partial charge in [-0.25, -0.2) is 0 Å². The molecule has 1 aromatic heterocycles. The third-order valence-corrected chi connectivity index (χ3v) is 6.16. The summed E-state index contributed by atoms with van der Waals surface area (Å²) in [5.74, 6) is -0.0664. The van der Waals surface area contributed by atoms with Crippen LogP contribution in [0.5, 0.6) is 0 Å². The molecule has 1 aliphatic heterocycles. The molecule has 1 amide bonds. The van der Waals surface area contributed by atoms with Gasteiger partial charge in [0.2, 0.25) is 0 Å². The number of amides is 1. The maximum absolute atomic E-state index is 13.3. The molecule has 0 unspecified atom stereocenters. The molecule has 0 N–H and O–H groups in total. The van der Waals surface area contributed by atoms with Gasteiger partial charge in [0.25, 0.3) is 11.5 Å². The van der Waals surface area contributed by atoms with Crippen LogP contribution >= 0.6 is 0 Å². The number of nitrogens with zero attached hydrogens (tertiary/aromatic N) is 3. The lowest BCUT2D eigenvalue weighted by Gasteiger charge is -2.24. The summed E-state index contributed by atoms with van der Waals surface area (Å²) < 4.78 is 1.77. The van der Waals surface area contributed by atoms with Crippen LogP contribution in [0.25, 0.3) is 16.5 Å². The minimum absolute atomic E-state index is 0.000628. The number of aromatic nitrogens is 1. The maximum atomic E-state index is 13.3. The molecule has 0 saturated carbocycles. The second-order valence-electron chi connectivity index (χ2n) is 8.31. The van der Waals surface area contributed by atoms with Crippen molar-refractivity contribution in [3.8, 4) is 0 Å². The first-order chi connectivity index (χ1) is 14.9. The molecule has 5 heteroatoms. The Morgan fingerprint density at radius 1 is 1.10 bits per heavy atom. The first kappa shape index (κ1) is 21.1. The van der Waals surface area contributed by atoms with E-state index in [0.29, 0.717) is 12.1 Å². The number of benzene rings is 2. The fourth-order valence-corrected chi connectivity index (χ4v) is 4.20. The van der Waals surface area contributed by atoms with Crippen molar-refractivity contribution in [3.05, 3.63) is 81.7 Å². The van der Waals surface area contributed by atoms with Crippen LogP contribution in [-0.4, -0.2) is 42.6 Å². The van der Waals surface area contributed by atoms with Crippen LogP contribution in [0.15, 0.2) is 59.4 Å². The summed E-state index contributed by atoms with van der Waals surface area (Å²) >= 11 is 0. The van der Waals surface area contributed by atoms with Crippen molar-refractivity contribution in [2.45, 2.75) is 26.8 Å². The Morgan fingerprint density at radius 2 is 1.84 bits per heavy atom. The van der Waals surface area contributed by atoms with Crippen LogP contribution in [0.1, 0.15) is 34.8 Å². The number of anilines is 1. The van der Waals surface area contributed by atoms with Gasteiger partial charge in [0, 0.05) is 49.4 Å². The Bertz CT molecular complexity index is 1220. The number of hydrogen-bond acceptors (Lipinski definition) is 3. The fourth-order valence-electron chi connectivity index (χ4n) is 4.20. The normalized spacial score (nSPS) is 14.5. The molecular formula is C26H29N3O2. The Kier molecular flexibility index (Phi) is 5.79. The standard InChI is InChI=1S/C26H29N3O2/c1-5-29-24-11-8-20(26(31)28(4)21-9-6-18(2)7-10-21)16-23(24)22(17-25(29)30)19-12-14-27(3)15-13-19/h6-12,16-17H,5,13-15H2,1-4H3. The van der Waals surface area contributed by atoms with E-state index in [1.165, 1.54) is 5.57 Å². The third-order valence-electron chi connectivity index (χ3n) is 6.16. The van der Waals surface area contributed by atoms with Crippen molar-refractivity contribution in [3.63, 3.8) is 0 Å². The van der Waals surface area contributed by atoms with Gasteiger partial charge in [0.15, 0.2) is 0 Å². The lowest BCUT2D eigenvalue weighted by atomic mass is 9.95. The molecule has 2 heterocycles. The predicted molar refractivity (Wildman–Crippen MR) is 128 cm³/mol. The van der Waals surface area contributed by atoms with Gasteiger partial charge in [-0.2, -0.15) is 0 Å². The minimum atomic E-state index is -0.0664. The number of likely N-dealkylation sites (N-methyl/N-ethyl adjacent to an activating group) is 1.